The van der Waals surface area contributed by atoms with E-state index in [4.69, 9.17) is 37.0 Å². The van der Waals surface area contributed by atoms with Gasteiger partial charge in [-0.25, -0.2) is 9.59 Å². The Hall–Kier alpha value is -5.73. The van der Waals surface area contributed by atoms with Gasteiger partial charge in [-0.15, -0.1) is 0 Å². The van der Waals surface area contributed by atoms with Crippen molar-refractivity contribution in [1.29, 1.82) is 0 Å². The molecule has 4 rings (SSSR count). The number of carbonyl (C=O) groups excluding carboxylic acids is 4. The number of alkyl halides is 6. The smallest absolute Gasteiger partial charge is 0.475 e. The van der Waals surface area contributed by atoms with Gasteiger partial charge in [-0.05, 0) is 56.1 Å². The van der Waals surface area contributed by atoms with Crippen LogP contribution in [0.25, 0.3) is 0 Å². The molecule has 2 aromatic carbocycles. The van der Waals surface area contributed by atoms with E-state index >= 15 is 0 Å². The van der Waals surface area contributed by atoms with Crippen molar-refractivity contribution < 1.29 is 65.3 Å². The second-order valence-corrected chi connectivity index (χ2v) is 13.5. The maximum atomic E-state index is 13.9. The lowest BCUT2D eigenvalue weighted by Gasteiger charge is -2.31. The predicted molar refractivity (Wildman–Crippen MR) is 201 cm³/mol. The minimum Gasteiger partial charge on any atom is -0.475 e. The molecule has 2 aliphatic rings. The van der Waals surface area contributed by atoms with E-state index in [0.29, 0.717) is 38.8 Å². The zero-order chi connectivity index (χ0) is 44.3. The topological polar surface area (TPSA) is 252 Å². The van der Waals surface area contributed by atoms with Crippen LogP contribution in [0.4, 0.5) is 26.3 Å². The molecule has 59 heavy (non-hydrogen) atoms. The summed E-state index contributed by atoms with van der Waals surface area (Å²) in [6.45, 7) is 2.13. The van der Waals surface area contributed by atoms with Gasteiger partial charge in [0.25, 0.3) is 0 Å². The number of aliphatic carboxylic acids is 2. The summed E-state index contributed by atoms with van der Waals surface area (Å²) >= 11 is 0. The van der Waals surface area contributed by atoms with Crippen LogP contribution >= 0.6 is 0 Å². The summed E-state index contributed by atoms with van der Waals surface area (Å²) in [6.07, 6.45) is -5.11. The molecule has 2 saturated heterocycles. The van der Waals surface area contributed by atoms with Crippen molar-refractivity contribution in [3.05, 3.63) is 71.8 Å². The molecule has 2 heterocycles. The standard InChI is InChI=1S/C34H47N7O4.2C2HF3O2/c35-31(30(24-12-4-1-5-13-24)25-14-6-2-7-15-25)33(45)41-23-11-17-27(41)32(44)39-26(16-10-20-38-34(36)37)28(42)18-19-29(43)40-21-8-3-9-22-40;2*3-2(4,5)1(6)7/h1-2,4-7,12-15,26-27,30-31H,3,8-11,16-23,35H2,(H,39,44)(H4,36,37,38);2*(H,6,7)/t26?,27-,31+;;/m0../s1. The van der Waals surface area contributed by atoms with Crippen molar-refractivity contribution in [1.82, 2.24) is 15.1 Å². The SMILES string of the molecule is NC(N)=NCCCC(NC(=O)[C@@H]1CCCN1C(=O)[C@H](N)C(c1ccccc1)c1ccccc1)C(=O)CCC(=O)N1CCCCC1.O=C(O)C(F)(F)F.O=C(O)C(F)(F)F. The molecule has 326 valence electrons. The highest BCUT2D eigenvalue weighted by atomic mass is 19.4. The molecule has 0 spiro atoms. The van der Waals surface area contributed by atoms with Crippen molar-refractivity contribution >= 4 is 41.4 Å². The molecule has 0 saturated carbocycles. The van der Waals surface area contributed by atoms with E-state index in [1.807, 2.05) is 65.6 Å². The number of carboxylic acid groups (broad SMARTS) is 2. The Labute approximate surface area is 336 Å². The van der Waals surface area contributed by atoms with Crippen LogP contribution in [-0.4, -0.2) is 118 Å². The summed E-state index contributed by atoms with van der Waals surface area (Å²) in [5.41, 5.74) is 19.4. The van der Waals surface area contributed by atoms with E-state index in [2.05, 4.69) is 10.3 Å². The van der Waals surface area contributed by atoms with Gasteiger partial charge in [0.2, 0.25) is 17.7 Å². The normalized spacial score (nSPS) is 16.3. The summed E-state index contributed by atoms with van der Waals surface area (Å²) in [5, 5.41) is 17.2. The summed E-state index contributed by atoms with van der Waals surface area (Å²) in [5.74, 6) is -6.93. The Kier molecular flexibility index (Phi) is 19.8. The molecule has 9 N–H and O–H groups in total. The minimum absolute atomic E-state index is 0.0244. The van der Waals surface area contributed by atoms with Crippen molar-refractivity contribution in [3.8, 4) is 0 Å². The number of nitrogens with one attached hydrogen (secondary N) is 1. The highest BCUT2D eigenvalue weighted by Crippen LogP contribution is 2.30. The number of likely N-dealkylation sites (tertiary alicyclic amines) is 2. The molecule has 1 unspecified atom stereocenters. The number of ketones is 1. The average Bonchev–Trinajstić information content (AvgIpc) is 3.69. The van der Waals surface area contributed by atoms with Gasteiger partial charge in [0, 0.05) is 44.9 Å². The fraction of sp³-hybridized carbons (Fsp3) is 0.500. The molecule has 2 aliphatic heterocycles. The van der Waals surface area contributed by atoms with Crippen LogP contribution in [0.5, 0.6) is 0 Å². The van der Waals surface area contributed by atoms with Crippen LogP contribution in [0.15, 0.2) is 65.7 Å². The van der Waals surface area contributed by atoms with Gasteiger partial charge in [-0.3, -0.25) is 24.2 Å². The van der Waals surface area contributed by atoms with Crippen molar-refractivity contribution in [2.45, 2.75) is 94.2 Å². The number of Topliss-reactive ketones (excluding diaryl/α,β-unsaturated/α-hetero) is 1. The van der Waals surface area contributed by atoms with Gasteiger partial charge < -0.3 is 42.5 Å². The Morgan fingerprint density at radius 1 is 0.763 bits per heavy atom. The number of hydrogen-bond acceptors (Lipinski definition) is 8. The maximum absolute atomic E-state index is 13.9. The van der Waals surface area contributed by atoms with Gasteiger partial charge in [-0.1, -0.05) is 60.7 Å². The first-order valence-corrected chi connectivity index (χ1v) is 18.6. The molecule has 0 aliphatic carbocycles. The van der Waals surface area contributed by atoms with Crippen LogP contribution < -0.4 is 22.5 Å². The summed E-state index contributed by atoms with van der Waals surface area (Å²) < 4.78 is 63.5. The second kappa shape index (κ2) is 23.6. The number of nitrogens with two attached hydrogens (primary N) is 3. The summed E-state index contributed by atoms with van der Waals surface area (Å²) in [7, 11) is 0. The fourth-order valence-electron chi connectivity index (χ4n) is 6.36. The number of nitrogens with zero attached hydrogens (tertiary/aromatic N) is 3. The van der Waals surface area contributed by atoms with Gasteiger partial charge in [-0.2, -0.15) is 26.3 Å². The van der Waals surface area contributed by atoms with Crippen LogP contribution in [-0.2, 0) is 28.8 Å². The number of rotatable bonds is 14. The van der Waals surface area contributed by atoms with Gasteiger partial charge in [0.1, 0.15) is 6.04 Å². The third-order valence-corrected chi connectivity index (χ3v) is 9.23. The number of carboxylic acids is 2. The van der Waals surface area contributed by atoms with Crippen LogP contribution in [0.2, 0.25) is 0 Å². The fourth-order valence-corrected chi connectivity index (χ4v) is 6.36. The van der Waals surface area contributed by atoms with Crippen LogP contribution in [0.1, 0.15) is 74.8 Å². The van der Waals surface area contributed by atoms with E-state index in [-0.39, 0.29) is 36.4 Å². The first-order chi connectivity index (χ1) is 27.6. The Morgan fingerprint density at radius 2 is 1.25 bits per heavy atom. The molecular weight excluding hydrogens is 796 g/mol. The number of carbonyl (C=O) groups is 6. The highest BCUT2D eigenvalue weighted by molar-refractivity contribution is 5.95. The number of hydrogen-bond donors (Lipinski definition) is 6. The Balaban J connectivity index is 0.000000732. The van der Waals surface area contributed by atoms with E-state index in [9.17, 15) is 45.5 Å². The lowest BCUT2D eigenvalue weighted by Crippen LogP contribution is -2.55. The van der Waals surface area contributed by atoms with Gasteiger partial charge >= 0.3 is 24.3 Å². The van der Waals surface area contributed by atoms with Gasteiger partial charge in [0.15, 0.2) is 11.7 Å². The molecule has 3 atom stereocenters. The van der Waals surface area contributed by atoms with E-state index in [1.165, 1.54) is 0 Å². The molecule has 21 heteroatoms. The molecule has 15 nitrogen and oxygen atoms in total. The van der Waals surface area contributed by atoms with Crippen LogP contribution in [0, 0.1) is 0 Å². The first-order valence-electron chi connectivity index (χ1n) is 18.6. The molecule has 0 bridgehead atoms. The predicted octanol–water partition coefficient (Wildman–Crippen LogP) is 3.30. The van der Waals surface area contributed by atoms with E-state index in [0.717, 1.165) is 43.5 Å². The molecule has 2 fully saturated rings. The van der Waals surface area contributed by atoms with E-state index in [1.54, 1.807) is 4.90 Å². The third-order valence-electron chi connectivity index (χ3n) is 9.23. The van der Waals surface area contributed by atoms with Crippen molar-refractivity contribution in [2.24, 2.45) is 22.2 Å². The number of amides is 3. The summed E-state index contributed by atoms with van der Waals surface area (Å²) in [6, 6.07) is 16.8. The first kappa shape index (κ1) is 49.4. The van der Waals surface area contributed by atoms with Crippen molar-refractivity contribution in [3.63, 3.8) is 0 Å². The largest absolute Gasteiger partial charge is 0.490 e. The minimum atomic E-state index is -5.08. The van der Waals surface area contributed by atoms with Crippen LogP contribution in [0.3, 0.4) is 0 Å². The Bertz CT molecular complexity index is 1660. The number of piperidine rings is 1. The number of benzene rings is 2. The monoisotopic (exact) mass is 845 g/mol. The average molecular weight is 846 g/mol. The highest BCUT2D eigenvalue weighted by Gasteiger charge is 2.41. The lowest BCUT2D eigenvalue weighted by atomic mass is 9.84. The molecule has 3 amide bonds. The lowest BCUT2D eigenvalue weighted by molar-refractivity contribution is -0.193. The number of aliphatic imine (C=N–C) groups is 1. The zero-order valence-electron chi connectivity index (χ0n) is 32.0. The Morgan fingerprint density at radius 3 is 1.71 bits per heavy atom. The van der Waals surface area contributed by atoms with Crippen molar-refractivity contribution in [2.75, 3.05) is 26.2 Å². The molecule has 0 aromatic heterocycles. The van der Waals surface area contributed by atoms with E-state index < -0.39 is 54.2 Å². The number of guanidine groups is 1. The zero-order valence-corrected chi connectivity index (χ0v) is 32.0. The maximum Gasteiger partial charge on any atom is 0.490 e. The molecule has 0 radical (unpaired) electrons. The molecular formula is C38H49F6N7O8. The third kappa shape index (κ3) is 17.0. The van der Waals surface area contributed by atoms with Gasteiger partial charge in [0.05, 0.1) is 12.1 Å². The quantitative estimate of drug-likeness (QED) is 0.0697. The molecule has 2 aromatic rings. The second-order valence-electron chi connectivity index (χ2n) is 13.5. The summed E-state index contributed by atoms with van der Waals surface area (Å²) in [4.78, 5) is 78.9. The number of halogens is 6.